The summed E-state index contributed by atoms with van der Waals surface area (Å²) < 4.78 is 5.13. The Hall–Kier alpha value is -2.28. The number of benzene rings is 1. The van der Waals surface area contributed by atoms with Gasteiger partial charge in [-0.2, -0.15) is 10.5 Å². The van der Waals surface area contributed by atoms with Gasteiger partial charge in [-0.3, -0.25) is 0 Å². The van der Waals surface area contributed by atoms with Gasteiger partial charge in [0.25, 0.3) is 0 Å². The molecule has 98 valence electrons. The Morgan fingerprint density at radius 3 is 2.55 bits per heavy atom. The maximum atomic E-state index is 8.94. The molecular formula is C13H7ClN4OS. The molecule has 0 saturated heterocycles. The van der Waals surface area contributed by atoms with Gasteiger partial charge in [-0.05, 0) is 18.2 Å². The Balaban J connectivity index is 2.39. The average molecular weight is 303 g/mol. The first kappa shape index (κ1) is 14.1. The van der Waals surface area contributed by atoms with Crippen molar-refractivity contribution in [1.29, 1.82) is 10.5 Å². The predicted octanol–water partition coefficient (Wildman–Crippen LogP) is 3.03. The van der Waals surface area contributed by atoms with E-state index in [-0.39, 0.29) is 16.5 Å². The molecule has 1 aromatic heterocycles. The molecule has 5 nitrogen and oxygen atoms in total. The number of nitrogens with zero attached hydrogens (tertiary/aromatic N) is 4. The van der Waals surface area contributed by atoms with Crippen molar-refractivity contribution in [2.75, 3.05) is 7.11 Å². The van der Waals surface area contributed by atoms with Crippen LogP contribution in [0.1, 0.15) is 11.4 Å². The molecule has 1 aromatic carbocycles. The molecule has 0 N–H and O–H groups in total. The highest BCUT2D eigenvalue weighted by Crippen LogP contribution is 2.32. The lowest BCUT2D eigenvalue weighted by Gasteiger charge is -2.05. The molecule has 0 fully saturated rings. The topological polar surface area (TPSA) is 82.6 Å². The number of rotatable bonds is 3. The van der Waals surface area contributed by atoms with Crippen molar-refractivity contribution in [2.24, 2.45) is 0 Å². The summed E-state index contributed by atoms with van der Waals surface area (Å²) in [5.74, 6) is 0.702. The van der Waals surface area contributed by atoms with E-state index < -0.39 is 0 Å². The molecule has 0 radical (unpaired) electrons. The van der Waals surface area contributed by atoms with Gasteiger partial charge in [-0.25, -0.2) is 9.97 Å². The Kier molecular flexibility index (Phi) is 4.41. The summed E-state index contributed by atoms with van der Waals surface area (Å²) in [6.07, 6.45) is 0. The van der Waals surface area contributed by atoms with Crippen molar-refractivity contribution in [3.8, 4) is 17.9 Å². The van der Waals surface area contributed by atoms with Crippen molar-refractivity contribution in [3.63, 3.8) is 0 Å². The van der Waals surface area contributed by atoms with E-state index >= 15 is 0 Å². The van der Waals surface area contributed by atoms with Gasteiger partial charge in [-0.15, -0.1) is 0 Å². The van der Waals surface area contributed by atoms with Gasteiger partial charge >= 0.3 is 0 Å². The fourth-order valence-corrected chi connectivity index (χ4v) is 2.45. The largest absolute Gasteiger partial charge is 0.497 e. The van der Waals surface area contributed by atoms with Crippen LogP contribution in [0.25, 0.3) is 0 Å². The van der Waals surface area contributed by atoms with Gasteiger partial charge in [0.2, 0.25) is 0 Å². The maximum absolute atomic E-state index is 8.94. The third kappa shape index (κ3) is 3.00. The summed E-state index contributed by atoms with van der Waals surface area (Å²) in [6, 6.07) is 10.9. The number of hydrogen-bond acceptors (Lipinski definition) is 6. The Morgan fingerprint density at radius 1 is 1.20 bits per heavy atom. The molecule has 0 aliphatic carbocycles. The molecule has 0 saturated carbocycles. The molecule has 0 aliphatic heterocycles. The number of halogens is 1. The number of aromatic nitrogens is 2. The van der Waals surface area contributed by atoms with E-state index in [0.717, 1.165) is 4.90 Å². The van der Waals surface area contributed by atoms with Gasteiger partial charge in [0, 0.05) is 4.90 Å². The van der Waals surface area contributed by atoms with Gasteiger partial charge in [0.1, 0.15) is 22.9 Å². The standard InChI is InChI=1S/C13H7ClN4OS/c1-19-8-3-2-4-9(5-8)20-13-12(14)17-10(6-15)11(7-16)18-13/h2-5H,1H3. The normalized spacial score (nSPS) is 9.60. The lowest BCUT2D eigenvalue weighted by atomic mass is 10.3. The average Bonchev–Trinajstić information content (AvgIpc) is 2.49. The van der Waals surface area contributed by atoms with E-state index in [4.69, 9.17) is 26.9 Å². The van der Waals surface area contributed by atoms with E-state index in [1.807, 2.05) is 30.3 Å². The fourth-order valence-electron chi connectivity index (χ4n) is 1.40. The van der Waals surface area contributed by atoms with Crippen molar-refractivity contribution in [1.82, 2.24) is 9.97 Å². The van der Waals surface area contributed by atoms with Crippen LogP contribution in [0.2, 0.25) is 5.15 Å². The summed E-state index contributed by atoms with van der Waals surface area (Å²) in [5, 5.41) is 18.2. The summed E-state index contributed by atoms with van der Waals surface area (Å²) >= 11 is 7.22. The third-order valence-electron chi connectivity index (χ3n) is 2.29. The monoisotopic (exact) mass is 302 g/mol. The predicted molar refractivity (Wildman–Crippen MR) is 73.6 cm³/mol. The van der Waals surface area contributed by atoms with Crippen LogP contribution >= 0.6 is 23.4 Å². The molecule has 1 heterocycles. The number of ether oxygens (including phenoxy) is 1. The van der Waals surface area contributed by atoms with E-state index in [9.17, 15) is 0 Å². The van der Waals surface area contributed by atoms with Crippen LogP contribution in [0, 0.1) is 22.7 Å². The summed E-state index contributed by atoms with van der Waals surface area (Å²) in [4.78, 5) is 8.77. The van der Waals surface area contributed by atoms with Crippen LogP contribution in [0.4, 0.5) is 0 Å². The Bertz CT molecular complexity index is 736. The minimum atomic E-state index is -0.0764. The Morgan fingerprint density at radius 2 is 1.90 bits per heavy atom. The van der Waals surface area contributed by atoms with Crippen LogP contribution in [-0.4, -0.2) is 17.1 Å². The van der Waals surface area contributed by atoms with Crippen LogP contribution in [0.15, 0.2) is 34.2 Å². The van der Waals surface area contributed by atoms with Crippen LogP contribution in [-0.2, 0) is 0 Å². The zero-order valence-electron chi connectivity index (χ0n) is 10.3. The van der Waals surface area contributed by atoms with Crippen LogP contribution in [0.3, 0.4) is 0 Å². The lowest BCUT2D eigenvalue weighted by molar-refractivity contribution is 0.413. The van der Waals surface area contributed by atoms with Crippen LogP contribution in [0.5, 0.6) is 5.75 Å². The number of hydrogen-bond donors (Lipinski definition) is 0. The smallest absolute Gasteiger partial charge is 0.178 e. The molecule has 0 spiro atoms. The van der Waals surface area contributed by atoms with Crippen molar-refractivity contribution >= 4 is 23.4 Å². The van der Waals surface area contributed by atoms with Gasteiger partial charge in [-0.1, -0.05) is 29.4 Å². The number of methoxy groups -OCH3 is 1. The molecule has 2 aromatic rings. The first-order valence-electron chi connectivity index (χ1n) is 5.37. The van der Waals surface area contributed by atoms with Crippen molar-refractivity contribution in [3.05, 3.63) is 40.8 Å². The van der Waals surface area contributed by atoms with E-state index in [1.54, 1.807) is 13.2 Å². The van der Waals surface area contributed by atoms with Gasteiger partial charge in [0.05, 0.1) is 7.11 Å². The van der Waals surface area contributed by atoms with Crippen LogP contribution < -0.4 is 4.74 Å². The second-order valence-corrected chi connectivity index (χ2v) is 4.94. The second kappa shape index (κ2) is 6.25. The summed E-state index contributed by atoms with van der Waals surface area (Å²) in [7, 11) is 1.58. The first-order valence-corrected chi connectivity index (χ1v) is 6.57. The summed E-state index contributed by atoms with van der Waals surface area (Å²) in [5.41, 5.74) is -0.116. The zero-order chi connectivity index (χ0) is 14.5. The minimum absolute atomic E-state index is 0.0395. The molecule has 0 unspecified atom stereocenters. The molecule has 0 amide bonds. The van der Waals surface area contributed by atoms with Crippen molar-refractivity contribution < 1.29 is 4.74 Å². The molecule has 20 heavy (non-hydrogen) atoms. The molecule has 7 heteroatoms. The molecule has 0 aliphatic rings. The lowest BCUT2D eigenvalue weighted by Crippen LogP contribution is -1.97. The molecular weight excluding hydrogens is 296 g/mol. The number of nitriles is 2. The highest BCUT2D eigenvalue weighted by molar-refractivity contribution is 7.99. The van der Waals surface area contributed by atoms with Gasteiger partial charge < -0.3 is 4.74 Å². The second-order valence-electron chi connectivity index (χ2n) is 3.52. The van der Waals surface area contributed by atoms with E-state index in [2.05, 4.69) is 9.97 Å². The fraction of sp³-hybridized carbons (Fsp3) is 0.0769. The maximum Gasteiger partial charge on any atom is 0.178 e. The van der Waals surface area contributed by atoms with E-state index in [0.29, 0.717) is 10.8 Å². The quantitative estimate of drug-likeness (QED) is 0.866. The third-order valence-corrected chi connectivity index (χ3v) is 3.63. The molecule has 0 atom stereocenters. The minimum Gasteiger partial charge on any atom is -0.497 e. The highest BCUT2D eigenvalue weighted by atomic mass is 35.5. The first-order chi connectivity index (χ1) is 9.67. The van der Waals surface area contributed by atoms with E-state index in [1.165, 1.54) is 11.8 Å². The SMILES string of the molecule is COc1cccc(Sc2nc(C#N)c(C#N)nc2Cl)c1. The zero-order valence-corrected chi connectivity index (χ0v) is 11.9. The van der Waals surface area contributed by atoms with Gasteiger partial charge in [0.15, 0.2) is 16.5 Å². The molecule has 2 rings (SSSR count). The molecule has 0 bridgehead atoms. The summed E-state index contributed by atoms with van der Waals surface area (Å²) in [6.45, 7) is 0. The van der Waals surface area contributed by atoms with Crippen molar-refractivity contribution in [2.45, 2.75) is 9.92 Å². The Labute approximate surface area is 124 Å². The highest BCUT2D eigenvalue weighted by Gasteiger charge is 2.13.